The average molecular weight is 995 g/mol. The molecule has 8 unspecified atom stereocenters. The zero-order valence-electron chi connectivity index (χ0n) is 42.0. The van der Waals surface area contributed by atoms with Crippen LogP contribution in [-0.4, -0.2) is 21.0 Å². The average Bonchev–Trinajstić information content (AvgIpc) is 3.41. The van der Waals surface area contributed by atoms with Crippen LogP contribution < -0.4 is 31.8 Å². The number of hydrogen-bond donors (Lipinski definition) is 0. The molecule has 2 saturated carbocycles. The third-order valence-corrected chi connectivity index (χ3v) is 25.8. The standard InChI is InChI=1S/C64H74N2P4/c1-7-11-31-56(10-4)68(58-34-20-13-21-35-58)66(70(61-40-26-16-27-41-61)62-42-28-17-29-43-62)64-47-45-54(49-52(64)6)50-53-44-46-63(51(5)48-53)65(67(55(9-3)30-8-2)57-32-18-12-19-33-57)69(59-36-22-14-23-37-59)60-38-24-15-25-39-60/h8-43,51-54,63-64H,2-3,7,44-50H2,1,4-6H3. The second kappa shape index (κ2) is 26.4. The Morgan fingerprint density at radius 2 is 0.843 bits per heavy atom. The van der Waals surface area contributed by atoms with E-state index in [9.17, 15) is 0 Å². The predicted octanol–water partition coefficient (Wildman–Crippen LogP) is 16.3. The molecule has 8 atom stereocenters. The van der Waals surface area contributed by atoms with Crippen molar-refractivity contribution < 1.29 is 0 Å². The summed E-state index contributed by atoms with van der Waals surface area (Å²) in [6.07, 6.45) is 23.4. The molecular weight excluding hydrogens is 921 g/mol. The van der Waals surface area contributed by atoms with Crippen molar-refractivity contribution in [2.75, 3.05) is 0 Å². The third kappa shape index (κ3) is 12.6. The fourth-order valence-electron chi connectivity index (χ4n) is 11.2. The molecule has 8 rings (SSSR count). The summed E-state index contributed by atoms with van der Waals surface area (Å²) in [7, 11) is -3.44. The van der Waals surface area contributed by atoms with Crippen LogP contribution in [0.3, 0.4) is 0 Å². The molecule has 0 aromatic heterocycles. The third-order valence-electron chi connectivity index (χ3n) is 14.4. The van der Waals surface area contributed by atoms with Gasteiger partial charge in [0.1, 0.15) is 0 Å². The summed E-state index contributed by atoms with van der Waals surface area (Å²) >= 11 is 0. The van der Waals surface area contributed by atoms with E-state index in [0.29, 0.717) is 23.9 Å². The molecule has 70 heavy (non-hydrogen) atoms. The maximum Gasteiger partial charge on any atom is 0.0325 e. The summed E-state index contributed by atoms with van der Waals surface area (Å²) in [6, 6.07) is 69.4. The largest absolute Gasteiger partial charge is 0.241 e. The summed E-state index contributed by atoms with van der Waals surface area (Å²) < 4.78 is 6.10. The Kier molecular flexibility index (Phi) is 19.6. The van der Waals surface area contributed by atoms with Crippen molar-refractivity contribution in [3.05, 3.63) is 242 Å². The van der Waals surface area contributed by atoms with Crippen LogP contribution in [0.1, 0.15) is 79.1 Å². The minimum Gasteiger partial charge on any atom is -0.241 e. The van der Waals surface area contributed by atoms with Gasteiger partial charge in [-0.2, -0.15) is 0 Å². The first-order chi connectivity index (χ1) is 34.4. The molecule has 0 bridgehead atoms. The van der Waals surface area contributed by atoms with E-state index in [0.717, 1.165) is 18.3 Å². The highest BCUT2D eigenvalue weighted by Gasteiger charge is 2.44. The quantitative estimate of drug-likeness (QED) is 0.0555. The van der Waals surface area contributed by atoms with Crippen LogP contribution >= 0.6 is 32.3 Å². The van der Waals surface area contributed by atoms with Gasteiger partial charge >= 0.3 is 0 Å². The molecule has 0 spiro atoms. The molecule has 6 heteroatoms. The van der Waals surface area contributed by atoms with Gasteiger partial charge in [-0.1, -0.05) is 252 Å². The molecule has 0 saturated heterocycles. The number of rotatable bonds is 20. The zero-order chi connectivity index (χ0) is 48.7. The van der Waals surface area contributed by atoms with Crippen LogP contribution in [0, 0.1) is 23.7 Å². The highest BCUT2D eigenvalue weighted by atomic mass is 31.2. The van der Waals surface area contributed by atoms with Crippen molar-refractivity contribution in [1.82, 2.24) is 8.88 Å². The molecular formula is C64H74N2P4. The molecule has 2 fully saturated rings. The molecule has 2 aliphatic carbocycles. The van der Waals surface area contributed by atoms with E-state index in [4.69, 9.17) is 0 Å². The van der Waals surface area contributed by atoms with Crippen LogP contribution in [0.15, 0.2) is 242 Å². The Morgan fingerprint density at radius 1 is 0.500 bits per heavy atom. The molecule has 0 radical (unpaired) electrons. The van der Waals surface area contributed by atoms with Crippen LogP contribution in [0.2, 0.25) is 0 Å². The van der Waals surface area contributed by atoms with E-state index in [1.807, 2.05) is 6.08 Å². The molecule has 0 amide bonds. The highest BCUT2D eigenvalue weighted by molar-refractivity contribution is 7.84. The van der Waals surface area contributed by atoms with Gasteiger partial charge in [0.25, 0.3) is 0 Å². The van der Waals surface area contributed by atoms with E-state index < -0.39 is 32.3 Å². The minimum absolute atomic E-state index is 0.417. The topological polar surface area (TPSA) is 6.48 Å². The number of hydrogen-bond acceptors (Lipinski definition) is 2. The highest BCUT2D eigenvalue weighted by Crippen LogP contribution is 2.65. The summed E-state index contributed by atoms with van der Waals surface area (Å²) in [6.45, 7) is 18.4. The normalized spacial score (nSPS) is 22.1. The van der Waals surface area contributed by atoms with E-state index in [1.54, 1.807) is 0 Å². The lowest BCUT2D eigenvalue weighted by Crippen LogP contribution is -2.44. The molecule has 6 aromatic carbocycles. The summed E-state index contributed by atoms with van der Waals surface area (Å²) in [5, 5.41) is 11.2. The van der Waals surface area contributed by atoms with Gasteiger partial charge in [0.15, 0.2) is 0 Å². The Bertz CT molecular complexity index is 2520. The van der Waals surface area contributed by atoms with Gasteiger partial charge in [0.05, 0.1) is 0 Å². The maximum atomic E-state index is 4.44. The molecule has 0 aliphatic heterocycles. The first kappa shape index (κ1) is 52.0. The lowest BCUT2D eigenvalue weighted by Gasteiger charge is -2.50. The number of allylic oxidation sites excluding steroid dienone is 8. The SMILES string of the molecule is C=CC=C(C=C)P(c1ccccc1)N(C1CCC(CC2CCC(N(P(C(C=CCC)=CC)c3ccccc3)P(c3ccccc3)c3ccccc3)C(C)C2)CC1C)P(c1ccccc1)c1ccccc1. The Labute approximate surface area is 427 Å². The number of benzene rings is 6. The zero-order valence-corrected chi connectivity index (χ0v) is 45.6. The predicted molar refractivity (Wildman–Crippen MR) is 315 cm³/mol. The molecule has 0 heterocycles. The Morgan fingerprint density at radius 3 is 1.14 bits per heavy atom. The molecule has 360 valence electrons. The smallest absolute Gasteiger partial charge is 0.0325 e. The summed E-state index contributed by atoms with van der Waals surface area (Å²) in [5.74, 6) is 2.56. The van der Waals surface area contributed by atoms with E-state index in [-0.39, 0.29) is 0 Å². The summed E-state index contributed by atoms with van der Waals surface area (Å²) in [5.41, 5.74) is 0. The van der Waals surface area contributed by atoms with Gasteiger partial charge in [-0.3, -0.25) is 0 Å². The van der Waals surface area contributed by atoms with Crippen molar-refractivity contribution in [3.63, 3.8) is 0 Å². The van der Waals surface area contributed by atoms with Crippen LogP contribution in [0.5, 0.6) is 0 Å². The molecule has 2 nitrogen and oxygen atoms in total. The monoisotopic (exact) mass is 994 g/mol. The number of nitrogens with zero attached hydrogens (tertiary/aromatic N) is 2. The molecule has 2 aliphatic rings. The summed E-state index contributed by atoms with van der Waals surface area (Å²) in [4.78, 5) is 0. The van der Waals surface area contributed by atoms with Gasteiger partial charge in [-0.25, -0.2) is 8.88 Å². The fourth-order valence-corrected chi connectivity index (χ4v) is 24.4. The second-order valence-corrected chi connectivity index (χ2v) is 28.1. The van der Waals surface area contributed by atoms with Gasteiger partial charge in [0, 0.05) is 44.4 Å². The van der Waals surface area contributed by atoms with E-state index in [1.165, 1.54) is 87.4 Å². The fraction of sp³-hybridized carbons (Fsp3) is 0.281. The van der Waals surface area contributed by atoms with Gasteiger partial charge in [-0.15, -0.1) is 0 Å². The van der Waals surface area contributed by atoms with E-state index >= 15 is 0 Å². The van der Waals surface area contributed by atoms with Crippen molar-refractivity contribution in [1.29, 1.82) is 0 Å². The van der Waals surface area contributed by atoms with Gasteiger partial charge in [0.2, 0.25) is 0 Å². The maximum absolute atomic E-state index is 4.44. The van der Waals surface area contributed by atoms with Crippen LogP contribution in [0.4, 0.5) is 0 Å². The van der Waals surface area contributed by atoms with Gasteiger partial charge in [-0.05, 0) is 124 Å². The lowest BCUT2D eigenvalue weighted by molar-refractivity contribution is 0.139. The molecule has 0 N–H and O–H groups in total. The van der Waals surface area contributed by atoms with Crippen molar-refractivity contribution in [2.24, 2.45) is 23.7 Å². The van der Waals surface area contributed by atoms with Crippen molar-refractivity contribution in [2.45, 2.75) is 91.1 Å². The first-order valence-electron chi connectivity index (χ1n) is 25.8. The van der Waals surface area contributed by atoms with E-state index in [2.05, 4.69) is 262 Å². The Hall–Kier alpha value is -4.34. The van der Waals surface area contributed by atoms with Crippen molar-refractivity contribution in [3.8, 4) is 0 Å². The lowest BCUT2D eigenvalue weighted by atomic mass is 9.71. The first-order valence-corrected chi connectivity index (χ1v) is 31.0. The minimum atomic E-state index is -0.920. The van der Waals surface area contributed by atoms with Crippen LogP contribution in [-0.2, 0) is 0 Å². The molecule has 6 aromatic rings. The van der Waals surface area contributed by atoms with Gasteiger partial charge < -0.3 is 0 Å². The Balaban J connectivity index is 1.10. The second-order valence-electron chi connectivity index (χ2n) is 19.1. The van der Waals surface area contributed by atoms with Crippen LogP contribution in [0.25, 0.3) is 0 Å². The van der Waals surface area contributed by atoms with Crippen molar-refractivity contribution >= 4 is 64.1 Å².